The van der Waals surface area contributed by atoms with Crippen LogP contribution in [-0.4, -0.2) is 16.3 Å². The maximum atomic E-state index is 5.76. The minimum Gasteiger partial charge on any atom is -0.454 e. The average Bonchev–Trinajstić information content (AvgIpc) is 2.80. The van der Waals surface area contributed by atoms with Gasteiger partial charge in [0.2, 0.25) is 0 Å². The van der Waals surface area contributed by atoms with Crippen LogP contribution in [0.1, 0.15) is 18.1 Å². The quantitative estimate of drug-likeness (QED) is 0.880. The maximum absolute atomic E-state index is 5.76. The molecule has 0 aliphatic rings. The summed E-state index contributed by atoms with van der Waals surface area (Å²) in [5, 5.41) is 4.18. The Bertz CT molecular complexity index is 520. The number of benzene rings is 1. The Balaban J connectivity index is 2.12. The van der Waals surface area contributed by atoms with E-state index in [1.165, 1.54) is 11.1 Å². The summed E-state index contributed by atoms with van der Waals surface area (Å²) >= 11 is 0. The van der Waals surface area contributed by atoms with Crippen molar-refractivity contribution in [3.63, 3.8) is 0 Å². The van der Waals surface area contributed by atoms with Gasteiger partial charge in [-0.25, -0.2) is 0 Å². The minimum atomic E-state index is 0.671. The third kappa shape index (κ3) is 2.90. The number of hydrogen-bond acceptors (Lipinski definition) is 3. The molecule has 2 N–H and O–H groups in total. The van der Waals surface area contributed by atoms with Gasteiger partial charge >= 0.3 is 0 Å². The average molecular weight is 245 g/mol. The van der Waals surface area contributed by atoms with Crippen LogP contribution < -0.4 is 10.5 Å². The fourth-order valence-electron chi connectivity index (χ4n) is 1.87. The summed E-state index contributed by atoms with van der Waals surface area (Å²) in [7, 11) is 0. The Morgan fingerprint density at radius 1 is 1.33 bits per heavy atom. The Morgan fingerprint density at radius 3 is 2.78 bits per heavy atom. The van der Waals surface area contributed by atoms with Gasteiger partial charge in [-0.2, -0.15) is 5.10 Å². The predicted molar refractivity (Wildman–Crippen MR) is 71.9 cm³/mol. The van der Waals surface area contributed by atoms with Gasteiger partial charge in [0.25, 0.3) is 0 Å². The van der Waals surface area contributed by atoms with Crippen molar-refractivity contribution in [1.82, 2.24) is 9.78 Å². The minimum absolute atomic E-state index is 0.671. The van der Waals surface area contributed by atoms with E-state index >= 15 is 0 Å². The van der Waals surface area contributed by atoms with Crippen molar-refractivity contribution in [2.45, 2.75) is 26.8 Å². The fraction of sp³-hybridized carbons (Fsp3) is 0.357. The second-order valence-corrected chi connectivity index (χ2v) is 4.26. The summed E-state index contributed by atoms with van der Waals surface area (Å²) in [4.78, 5) is 0. The van der Waals surface area contributed by atoms with Gasteiger partial charge in [-0.3, -0.25) is 4.68 Å². The highest BCUT2D eigenvalue weighted by Gasteiger charge is 2.03. The summed E-state index contributed by atoms with van der Waals surface area (Å²) in [6, 6.07) is 6.08. The lowest BCUT2D eigenvalue weighted by atomic mass is 10.1. The molecule has 1 aromatic carbocycles. The first-order valence-electron chi connectivity index (χ1n) is 6.23. The number of nitrogens with two attached hydrogens (primary N) is 1. The molecule has 0 bridgehead atoms. The lowest BCUT2D eigenvalue weighted by Crippen LogP contribution is -2.04. The van der Waals surface area contributed by atoms with Crippen molar-refractivity contribution in [1.29, 1.82) is 0 Å². The van der Waals surface area contributed by atoms with Crippen LogP contribution in [0.25, 0.3) is 0 Å². The molecule has 0 fully saturated rings. The third-order valence-corrected chi connectivity index (χ3v) is 2.90. The van der Waals surface area contributed by atoms with E-state index in [9.17, 15) is 0 Å². The summed E-state index contributed by atoms with van der Waals surface area (Å²) in [6.45, 7) is 5.64. The van der Waals surface area contributed by atoms with E-state index < -0.39 is 0 Å². The molecule has 0 spiro atoms. The van der Waals surface area contributed by atoms with E-state index in [-0.39, 0.29) is 0 Å². The Kier molecular flexibility index (Phi) is 3.99. The van der Waals surface area contributed by atoms with Crippen LogP contribution in [0, 0.1) is 6.92 Å². The van der Waals surface area contributed by atoms with E-state index in [1.54, 1.807) is 6.20 Å². The largest absolute Gasteiger partial charge is 0.454 e. The maximum Gasteiger partial charge on any atom is 0.165 e. The molecule has 4 heteroatoms. The smallest absolute Gasteiger partial charge is 0.165 e. The van der Waals surface area contributed by atoms with E-state index in [2.05, 4.69) is 18.1 Å². The van der Waals surface area contributed by atoms with E-state index in [0.717, 1.165) is 24.5 Å². The van der Waals surface area contributed by atoms with Gasteiger partial charge in [-0.1, -0.05) is 6.07 Å². The van der Waals surface area contributed by atoms with Crippen LogP contribution in [0.3, 0.4) is 0 Å². The van der Waals surface area contributed by atoms with Gasteiger partial charge in [0.1, 0.15) is 5.75 Å². The second kappa shape index (κ2) is 5.69. The lowest BCUT2D eigenvalue weighted by molar-refractivity contribution is 0.480. The van der Waals surface area contributed by atoms with Crippen LogP contribution in [0.4, 0.5) is 0 Å². The molecule has 0 atom stereocenters. The number of rotatable bonds is 5. The fourth-order valence-corrected chi connectivity index (χ4v) is 1.87. The van der Waals surface area contributed by atoms with Crippen molar-refractivity contribution < 1.29 is 4.74 Å². The molecule has 96 valence electrons. The van der Waals surface area contributed by atoms with Crippen LogP contribution in [0.2, 0.25) is 0 Å². The first kappa shape index (κ1) is 12.6. The van der Waals surface area contributed by atoms with Gasteiger partial charge in [0.15, 0.2) is 5.75 Å². The Labute approximate surface area is 107 Å². The van der Waals surface area contributed by atoms with Gasteiger partial charge in [0.05, 0.1) is 12.4 Å². The highest BCUT2D eigenvalue weighted by atomic mass is 16.5. The molecule has 0 radical (unpaired) electrons. The monoisotopic (exact) mass is 245 g/mol. The Hall–Kier alpha value is -1.81. The predicted octanol–water partition coefficient (Wildman–Crippen LogP) is 2.50. The molecule has 0 unspecified atom stereocenters. The summed E-state index contributed by atoms with van der Waals surface area (Å²) < 4.78 is 7.60. The highest BCUT2D eigenvalue weighted by molar-refractivity contribution is 5.37. The summed E-state index contributed by atoms with van der Waals surface area (Å²) in [6.07, 6.45) is 4.52. The number of nitrogens with zero attached hydrogens (tertiary/aromatic N) is 2. The molecule has 0 amide bonds. The van der Waals surface area contributed by atoms with Gasteiger partial charge in [0, 0.05) is 6.54 Å². The molecule has 2 aromatic rings. The summed E-state index contributed by atoms with van der Waals surface area (Å²) in [5.41, 5.74) is 8.05. The molecule has 0 saturated heterocycles. The normalized spacial score (nSPS) is 10.6. The molecule has 18 heavy (non-hydrogen) atoms. The molecule has 0 aliphatic carbocycles. The van der Waals surface area contributed by atoms with Crippen molar-refractivity contribution in [3.8, 4) is 11.5 Å². The molecular weight excluding hydrogens is 226 g/mol. The van der Waals surface area contributed by atoms with E-state index in [1.807, 2.05) is 29.9 Å². The van der Waals surface area contributed by atoms with Gasteiger partial charge in [-0.15, -0.1) is 0 Å². The lowest BCUT2D eigenvalue weighted by Gasteiger charge is -2.08. The topological polar surface area (TPSA) is 53.1 Å². The van der Waals surface area contributed by atoms with Crippen LogP contribution >= 0.6 is 0 Å². The van der Waals surface area contributed by atoms with Gasteiger partial charge < -0.3 is 10.5 Å². The molecule has 1 heterocycles. The highest BCUT2D eigenvalue weighted by Crippen LogP contribution is 2.23. The number of ether oxygens (including phenoxy) is 1. The summed E-state index contributed by atoms with van der Waals surface area (Å²) in [5.74, 6) is 1.60. The van der Waals surface area contributed by atoms with Crippen LogP contribution in [-0.2, 0) is 13.0 Å². The second-order valence-electron chi connectivity index (χ2n) is 4.26. The molecule has 2 rings (SSSR count). The van der Waals surface area contributed by atoms with Crippen molar-refractivity contribution in [3.05, 3.63) is 41.7 Å². The van der Waals surface area contributed by atoms with Crippen molar-refractivity contribution in [2.75, 3.05) is 6.54 Å². The SMILES string of the molecule is CCn1cc(Oc2ccc(CCN)c(C)c2)cn1. The zero-order valence-corrected chi connectivity index (χ0v) is 10.9. The molecule has 4 nitrogen and oxygen atoms in total. The standard InChI is InChI=1S/C14H19N3O/c1-3-17-10-14(9-16-17)18-13-5-4-12(6-7-15)11(2)8-13/h4-5,8-10H,3,6-7,15H2,1-2H3. The number of hydrogen-bond donors (Lipinski definition) is 1. The molecule has 1 aromatic heterocycles. The zero-order chi connectivity index (χ0) is 13.0. The number of aromatic nitrogens is 2. The van der Waals surface area contributed by atoms with Crippen molar-refractivity contribution in [2.24, 2.45) is 5.73 Å². The first-order valence-corrected chi connectivity index (χ1v) is 6.23. The van der Waals surface area contributed by atoms with Crippen LogP contribution in [0.15, 0.2) is 30.6 Å². The van der Waals surface area contributed by atoms with Crippen LogP contribution in [0.5, 0.6) is 11.5 Å². The van der Waals surface area contributed by atoms with Gasteiger partial charge in [-0.05, 0) is 50.1 Å². The third-order valence-electron chi connectivity index (χ3n) is 2.90. The Morgan fingerprint density at radius 2 is 2.17 bits per heavy atom. The molecular formula is C14H19N3O. The number of aryl methyl sites for hydroxylation is 2. The molecule has 0 aliphatic heterocycles. The van der Waals surface area contributed by atoms with E-state index in [0.29, 0.717) is 6.54 Å². The zero-order valence-electron chi connectivity index (χ0n) is 10.9. The molecule has 0 saturated carbocycles. The first-order chi connectivity index (χ1) is 8.72. The van der Waals surface area contributed by atoms with E-state index in [4.69, 9.17) is 10.5 Å². The van der Waals surface area contributed by atoms with Crippen molar-refractivity contribution >= 4 is 0 Å².